The molecule has 0 radical (unpaired) electrons. The third-order valence-electron chi connectivity index (χ3n) is 3.59. The molecule has 0 bridgehead atoms. The Labute approximate surface area is 127 Å². The topological polar surface area (TPSA) is 56.3 Å². The molecule has 1 aromatic heterocycles. The summed E-state index contributed by atoms with van der Waals surface area (Å²) in [7, 11) is 3.62. The quantitative estimate of drug-likeness (QED) is 0.817. The molecule has 0 unspecified atom stereocenters. The molecule has 0 aliphatic carbocycles. The second kappa shape index (κ2) is 6.32. The first kappa shape index (κ1) is 14.9. The maximum atomic E-state index is 5.77. The minimum Gasteiger partial charge on any atom is -0.381 e. The predicted octanol–water partition coefficient (Wildman–Crippen LogP) is 2.34. The van der Waals surface area contributed by atoms with Gasteiger partial charge in [0, 0.05) is 40.2 Å². The van der Waals surface area contributed by atoms with Crippen LogP contribution in [0.3, 0.4) is 0 Å². The summed E-state index contributed by atoms with van der Waals surface area (Å²) in [5.74, 6) is 1.66. The molecule has 2 heterocycles. The van der Waals surface area contributed by atoms with Crippen molar-refractivity contribution in [1.82, 2.24) is 9.97 Å². The molecule has 0 aromatic carbocycles. The summed E-state index contributed by atoms with van der Waals surface area (Å²) < 4.78 is 12.3. The van der Waals surface area contributed by atoms with E-state index in [0.29, 0.717) is 13.2 Å². The van der Waals surface area contributed by atoms with Crippen LogP contribution in [0.1, 0.15) is 31.3 Å². The van der Waals surface area contributed by atoms with E-state index in [1.807, 2.05) is 7.05 Å². The first-order valence-electron chi connectivity index (χ1n) is 6.54. The first-order valence-corrected chi connectivity index (χ1v) is 7.62. The van der Waals surface area contributed by atoms with Gasteiger partial charge in [0.15, 0.2) is 5.82 Å². The van der Waals surface area contributed by atoms with Gasteiger partial charge in [-0.05, 0) is 29.0 Å². The summed E-state index contributed by atoms with van der Waals surface area (Å²) in [5, 5.41) is 3.15. The van der Waals surface area contributed by atoms with Gasteiger partial charge in [-0.15, -0.1) is 0 Å². The van der Waals surface area contributed by atoms with Gasteiger partial charge in [-0.2, -0.15) is 0 Å². The zero-order valence-electron chi connectivity index (χ0n) is 11.6. The van der Waals surface area contributed by atoms with Crippen LogP contribution in [0.4, 0.5) is 5.82 Å². The smallest absolute Gasteiger partial charge is 0.163 e. The fourth-order valence-corrected chi connectivity index (χ4v) is 3.21. The van der Waals surface area contributed by atoms with Crippen molar-refractivity contribution in [2.45, 2.75) is 31.8 Å². The molecular formula is C13H20IN3O2. The van der Waals surface area contributed by atoms with Gasteiger partial charge < -0.3 is 14.8 Å². The highest BCUT2D eigenvalue weighted by Crippen LogP contribution is 2.35. The van der Waals surface area contributed by atoms with Crippen LogP contribution in [0.25, 0.3) is 0 Å². The van der Waals surface area contributed by atoms with Crippen molar-refractivity contribution in [3.05, 3.63) is 15.1 Å². The molecule has 0 saturated carbocycles. The minimum absolute atomic E-state index is 0.405. The molecule has 1 saturated heterocycles. The van der Waals surface area contributed by atoms with E-state index >= 15 is 0 Å². The first-order chi connectivity index (χ1) is 9.16. The number of rotatable bonds is 4. The van der Waals surface area contributed by atoms with Crippen molar-refractivity contribution in [3.63, 3.8) is 0 Å². The summed E-state index contributed by atoms with van der Waals surface area (Å²) in [6.45, 7) is 3.50. The van der Waals surface area contributed by atoms with Crippen molar-refractivity contribution in [1.29, 1.82) is 0 Å². The van der Waals surface area contributed by atoms with E-state index in [1.165, 1.54) is 0 Å². The number of methoxy groups -OCH3 is 1. The average molecular weight is 377 g/mol. The molecule has 0 spiro atoms. The Hall–Kier alpha value is -0.470. The number of ether oxygens (including phenoxy) is 2. The Bertz CT molecular complexity index is 423. The van der Waals surface area contributed by atoms with Crippen LogP contribution in [-0.2, 0) is 21.5 Å². The maximum absolute atomic E-state index is 5.77. The second-order valence-electron chi connectivity index (χ2n) is 4.57. The summed E-state index contributed by atoms with van der Waals surface area (Å²) in [5.41, 5.74) is 0.663. The number of halogens is 1. The normalized spacial score (nSPS) is 18.3. The molecule has 19 heavy (non-hydrogen) atoms. The average Bonchev–Trinajstić information content (AvgIpc) is 2.48. The van der Waals surface area contributed by atoms with Crippen LogP contribution in [-0.4, -0.2) is 37.3 Å². The van der Waals surface area contributed by atoms with E-state index in [2.05, 4.69) is 39.8 Å². The van der Waals surface area contributed by atoms with Gasteiger partial charge in [0.2, 0.25) is 0 Å². The number of nitrogens with one attached hydrogen (secondary N) is 1. The summed E-state index contributed by atoms with van der Waals surface area (Å²) in [6, 6.07) is 0. The maximum Gasteiger partial charge on any atom is 0.163 e. The Morgan fingerprint density at radius 1 is 1.37 bits per heavy atom. The lowest BCUT2D eigenvalue weighted by Gasteiger charge is -2.34. The number of nitrogens with zero attached hydrogens (tertiary/aromatic N) is 2. The van der Waals surface area contributed by atoms with E-state index in [0.717, 1.165) is 40.2 Å². The summed E-state index contributed by atoms with van der Waals surface area (Å²) >= 11 is 2.29. The van der Waals surface area contributed by atoms with Crippen molar-refractivity contribution in [3.8, 4) is 0 Å². The number of hydrogen-bond donors (Lipinski definition) is 1. The summed E-state index contributed by atoms with van der Waals surface area (Å²) in [4.78, 5) is 9.38. The van der Waals surface area contributed by atoms with Crippen LogP contribution < -0.4 is 5.32 Å². The van der Waals surface area contributed by atoms with Crippen molar-refractivity contribution >= 4 is 28.4 Å². The lowest BCUT2D eigenvalue weighted by Crippen LogP contribution is -2.38. The Morgan fingerprint density at radius 3 is 2.58 bits per heavy atom. The molecule has 1 aliphatic heterocycles. The Balaban J connectivity index is 2.48. The van der Waals surface area contributed by atoms with Gasteiger partial charge in [0.1, 0.15) is 11.4 Å². The van der Waals surface area contributed by atoms with Crippen LogP contribution in [0.15, 0.2) is 0 Å². The SMILES string of the molecule is CCc1nc(C2(OC)CCOCC2)nc(NC)c1I. The fourth-order valence-electron chi connectivity index (χ4n) is 2.32. The molecule has 6 heteroatoms. The van der Waals surface area contributed by atoms with Crippen LogP contribution in [0.5, 0.6) is 0 Å². The highest BCUT2D eigenvalue weighted by atomic mass is 127. The standard InChI is InChI=1S/C13H20IN3O2/c1-4-9-10(14)11(15-2)17-12(16-9)13(18-3)5-7-19-8-6-13/h4-8H2,1-3H3,(H,15,16,17). The highest BCUT2D eigenvalue weighted by molar-refractivity contribution is 14.1. The molecule has 1 aromatic rings. The monoisotopic (exact) mass is 377 g/mol. The number of anilines is 1. The van der Waals surface area contributed by atoms with E-state index < -0.39 is 5.60 Å². The molecular weight excluding hydrogens is 357 g/mol. The number of aryl methyl sites for hydroxylation is 1. The van der Waals surface area contributed by atoms with E-state index in [1.54, 1.807) is 7.11 Å². The molecule has 1 aliphatic rings. The molecule has 106 valence electrons. The minimum atomic E-state index is -0.405. The molecule has 2 rings (SSSR count). The van der Waals surface area contributed by atoms with Crippen molar-refractivity contribution < 1.29 is 9.47 Å². The van der Waals surface area contributed by atoms with Crippen molar-refractivity contribution in [2.24, 2.45) is 0 Å². The van der Waals surface area contributed by atoms with Gasteiger partial charge in [0.25, 0.3) is 0 Å². The Morgan fingerprint density at radius 2 is 2.05 bits per heavy atom. The van der Waals surface area contributed by atoms with E-state index in [4.69, 9.17) is 14.5 Å². The van der Waals surface area contributed by atoms with Gasteiger partial charge in [-0.1, -0.05) is 6.92 Å². The third-order valence-corrected chi connectivity index (χ3v) is 4.72. The number of aromatic nitrogens is 2. The van der Waals surface area contributed by atoms with Crippen LogP contribution >= 0.6 is 22.6 Å². The molecule has 1 fully saturated rings. The zero-order chi connectivity index (χ0) is 13.9. The molecule has 0 amide bonds. The molecule has 5 nitrogen and oxygen atoms in total. The summed E-state index contributed by atoms with van der Waals surface area (Å²) in [6.07, 6.45) is 2.49. The second-order valence-corrected chi connectivity index (χ2v) is 5.65. The largest absolute Gasteiger partial charge is 0.381 e. The van der Waals surface area contributed by atoms with Gasteiger partial charge >= 0.3 is 0 Å². The lowest BCUT2D eigenvalue weighted by atomic mass is 9.93. The lowest BCUT2D eigenvalue weighted by molar-refractivity contribution is -0.1000. The van der Waals surface area contributed by atoms with Gasteiger partial charge in [-0.3, -0.25) is 0 Å². The zero-order valence-corrected chi connectivity index (χ0v) is 13.8. The number of hydrogen-bond acceptors (Lipinski definition) is 5. The predicted molar refractivity (Wildman–Crippen MR) is 82.4 cm³/mol. The van der Waals surface area contributed by atoms with Gasteiger partial charge in [-0.25, -0.2) is 9.97 Å². The van der Waals surface area contributed by atoms with Crippen LogP contribution in [0.2, 0.25) is 0 Å². The Kier molecular flexibility index (Phi) is 4.97. The fraction of sp³-hybridized carbons (Fsp3) is 0.692. The van der Waals surface area contributed by atoms with E-state index in [-0.39, 0.29) is 0 Å². The molecule has 1 N–H and O–H groups in total. The molecule has 0 atom stereocenters. The van der Waals surface area contributed by atoms with Gasteiger partial charge in [0.05, 0.1) is 9.26 Å². The highest BCUT2D eigenvalue weighted by Gasteiger charge is 2.38. The van der Waals surface area contributed by atoms with Crippen molar-refractivity contribution in [2.75, 3.05) is 32.7 Å². The van der Waals surface area contributed by atoms with E-state index in [9.17, 15) is 0 Å². The van der Waals surface area contributed by atoms with Crippen LogP contribution in [0, 0.1) is 3.57 Å². The third kappa shape index (κ3) is 2.85.